The second kappa shape index (κ2) is 7.31. The van der Waals surface area contributed by atoms with E-state index in [1.807, 2.05) is 0 Å². The van der Waals surface area contributed by atoms with Crippen molar-refractivity contribution in [3.8, 4) is 0 Å². The van der Waals surface area contributed by atoms with Crippen LogP contribution in [-0.4, -0.2) is 13.1 Å². The zero-order valence-corrected chi connectivity index (χ0v) is 13.8. The molecule has 1 rings (SSSR count). The van der Waals surface area contributed by atoms with Crippen molar-refractivity contribution in [1.29, 1.82) is 0 Å². The van der Waals surface area contributed by atoms with E-state index in [1.54, 1.807) is 0 Å². The third kappa shape index (κ3) is 5.54. The minimum Gasteiger partial charge on any atom is -0.317 e. The molecule has 0 spiro atoms. The summed E-state index contributed by atoms with van der Waals surface area (Å²) < 4.78 is 0. The van der Waals surface area contributed by atoms with Crippen LogP contribution >= 0.6 is 11.6 Å². The molecule has 0 aliphatic carbocycles. The lowest BCUT2D eigenvalue weighted by Crippen LogP contribution is -2.22. The Morgan fingerprint density at radius 2 is 1.79 bits per heavy atom. The Labute approximate surface area is 123 Å². The van der Waals surface area contributed by atoms with E-state index in [1.165, 1.54) is 29.5 Å². The Kier molecular flexibility index (Phi) is 6.35. The first-order chi connectivity index (χ1) is 8.85. The van der Waals surface area contributed by atoms with Crippen LogP contribution in [0.3, 0.4) is 0 Å². The Morgan fingerprint density at radius 3 is 2.42 bits per heavy atom. The lowest BCUT2D eigenvalue weighted by atomic mass is 9.82. The molecule has 1 aromatic carbocycles. The molecule has 0 saturated heterocycles. The maximum atomic E-state index is 6.15. The Morgan fingerprint density at radius 1 is 1.11 bits per heavy atom. The van der Waals surface area contributed by atoms with Crippen molar-refractivity contribution in [2.24, 2.45) is 5.41 Å². The van der Waals surface area contributed by atoms with Crippen LogP contribution in [-0.2, 0) is 6.42 Å². The minimum atomic E-state index is 0.391. The van der Waals surface area contributed by atoms with Gasteiger partial charge in [-0.2, -0.15) is 0 Å². The van der Waals surface area contributed by atoms with E-state index >= 15 is 0 Å². The molecule has 0 saturated carbocycles. The van der Waals surface area contributed by atoms with Crippen molar-refractivity contribution in [3.63, 3.8) is 0 Å². The summed E-state index contributed by atoms with van der Waals surface area (Å²) in [6.07, 6.45) is 3.59. The monoisotopic (exact) mass is 281 g/mol. The SMILES string of the molecule is CCNCCC(C)(C)CCc1cc(C)c(Cl)cc1C. The van der Waals surface area contributed by atoms with Crippen LogP contribution in [0.1, 0.15) is 50.3 Å². The summed E-state index contributed by atoms with van der Waals surface area (Å²) in [6.45, 7) is 13.3. The van der Waals surface area contributed by atoms with Crippen LogP contribution in [0.25, 0.3) is 0 Å². The molecule has 0 bridgehead atoms. The molecule has 0 atom stereocenters. The van der Waals surface area contributed by atoms with E-state index in [-0.39, 0.29) is 0 Å². The van der Waals surface area contributed by atoms with Gasteiger partial charge < -0.3 is 5.32 Å². The second-order valence-electron chi connectivity index (χ2n) is 6.30. The van der Waals surface area contributed by atoms with Gasteiger partial charge in [0.2, 0.25) is 0 Å². The summed E-state index contributed by atoms with van der Waals surface area (Å²) in [5, 5.41) is 4.30. The molecule has 19 heavy (non-hydrogen) atoms. The first kappa shape index (κ1) is 16.5. The molecule has 1 nitrogen and oxygen atoms in total. The van der Waals surface area contributed by atoms with Gasteiger partial charge in [-0.05, 0) is 74.4 Å². The highest BCUT2D eigenvalue weighted by Crippen LogP contribution is 2.29. The smallest absolute Gasteiger partial charge is 0.0438 e. The Balaban J connectivity index is 2.58. The zero-order chi connectivity index (χ0) is 14.5. The van der Waals surface area contributed by atoms with Gasteiger partial charge in [-0.25, -0.2) is 0 Å². The van der Waals surface area contributed by atoms with Crippen LogP contribution < -0.4 is 5.32 Å². The van der Waals surface area contributed by atoms with Crippen molar-refractivity contribution in [3.05, 3.63) is 33.8 Å². The fraction of sp³-hybridized carbons (Fsp3) is 0.647. The van der Waals surface area contributed by atoms with Crippen LogP contribution in [0.4, 0.5) is 0 Å². The van der Waals surface area contributed by atoms with Gasteiger partial charge in [-0.3, -0.25) is 0 Å². The number of benzene rings is 1. The molecule has 0 heterocycles. The Hall–Kier alpha value is -0.530. The van der Waals surface area contributed by atoms with Gasteiger partial charge >= 0.3 is 0 Å². The molecule has 0 aromatic heterocycles. The largest absolute Gasteiger partial charge is 0.317 e. The van der Waals surface area contributed by atoms with Gasteiger partial charge in [0.15, 0.2) is 0 Å². The van der Waals surface area contributed by atoms with E-state index in [2.05, 4.69) is 52.1 Å². The summed E-state index contributed by atoms with van der Waals surface area (Å²) in [5.74, 6) is 0. The summed E-state index contributed by atoms with van der Waals surface area (Å²) in [5.41, 5.74) is 4.34. The molecule has 0 unspecified atom stereocenters. The zero-order valence-electron chi connectivity index (χ0n) is 13.1. The van der Waals surface area contributed by atoms with Crippen molar-refractivity contribution in [1.82, 2.24) is 5.32 Å². The average molecular weight is 282 g/mol. The fourth-order valence-electron chi connectivity index (χ4n) is 2.31. The lowest BCUT2D eigenvalue weighted by Gasteiger charge is -2.25. The maximum Gasteiger partial charge on any atom is 0.0438 e. The molecular formula is C17H28ClN. The minimum absolute atomic E-state index is 0.391. The summed E-state index contributed by atoms with van der Waals surface area (Å²) >= 11 is 6.15. The third-order valence-electron chi connectivity index (χ3n) is 3.92. The first-order valence-electron chi connectivity index (χ1n) is 7.32. The molecule has 108 valence electrons. The summed E-state index contributed by atoms with van der Waals surface area (Å²) in [6, 6.07) is 4.34. The van der Waals surface area contributed by atoms with Crippen molar-refractivity contribution in [2.75, 3.05) is 13.1 Å². The molecule has 1 N–H and O–H groups in total. The van der Waals surface area contributed by atoms with E-state index in [9.17, 15) is 0 Å². The van der Waals surface area contributed by atoms with Gasteiger partial charge in [0.25, 0.3) is 0 Å². The molecule has 2 heteroatoms. The van der Waals surface area contributed by atoms with Crippen molar-refractivity contribution in [2.45, 2.75) is 53.9 Å². The van der Waals surface area contributed by atoms with Gasteiger partial charge in [-0.1, -0.05) is 38.4 Å². The predicted molar refractivity (Wildman–Crippen MR) is 86.2 cm³/mol. The molecule has 0 amide bonds. The molecule has 1 aromatic rings. The molecule has 0 fully saturated rings. The van der Waals surface area contributed by atoms with Gasteiger partial charge in [0.1, 0.15) is 0 Å². The number of hydrogen-bond donors (Lipinski definition) is 1. The summed E-state index contributed by atoms with van der Waals surface area (Å²) in [7, 11) is 0. The van der Waals surface area contributed by atoms with Gasteiger partial charge in [0.05, 0.1) is 0 Å². The van der Waals surface area contributed by atoms with Gasteiger partial charge in [0, 0.05) is 5.02 Å². The highest BCUT2D eigenvalue weighted by molar-refractivity contribution is 6.31. The lowest BCUT2D eigenvalue weighted by molar-refractivity contribution is 0.303. The topological polar surface area (TPSA) is 12.0 Å². The highest BCUT2D eigenvalue weighted by atomic mass is 35.5. The van der Waals surface area contributed by atoms with E-state index in [0.29, 0.717) is 5.41 Å². The third-order valence-corrected chi connectivity index (χ3v) is 4.32. The normalized spacial score (nSPS) is 11.9. The molecule has 0 aliphatic heterocycles. The molecular weight excluding hydrogens is 254 g/mol. The van der Waals surface area contributed by atoms with Crippen LogP contribution in [0, 0.1) is 19.3 Å². The Bertz CT molecular complexity index is 410. The number of aryl methyl sites for hydroxylation is 3. The van der Waals surface area contributed by atoms with Gasteiger partial charge in [-0.15, -0.1) is 0 Å². The standard InChI is InChI=1S/C17H28ClN/c1-6-19-10-9-17(4,5)8-7-15-11-14(3)16(18)12-13(15)2/h11-12,19H,6-10H2,1-5H3. The fourth-order valence-corrected chi connectivity index (χ4v) is 2.53. The van der Waals surface area contributed by atoms with Crippen molar-refractivity contribution >= 4 is 11.6 Å². The second-order valence-corrected chi connectivity index (χ2v) is 6.70. The number of nitrogens with one attached hydrogen (secondary N) is 1. The van der Waals surface area contributed by atoms with E-state index in [4.69, 9.17) is 11.6 Å². The van der Waals surface area contributed by atoms with E-state index in [0.717, 1.165) is 24.5 Å². The predicted octanol–water partition coefficient (Wildman–Crippen LogP) is 4.92. The van der Waals surface area contributed by atoms with Crippen LogP contribution in [0.2, 0.25) is 5.02 Å². The van der Waals surface area contributed by atoms with Crippen LogP contribution in [0.15, 0.2) is 12.1 Å². The number of hydrogen-bond acceptors (Lipinski definition) is 1. The number of rotatable bonds is 7. The van der Waals surface area contributed by atoms with Crippen LogP contribution in [0.5, 0.6) is 0 Å². The number of halogens is 1. The quantitative estimate of drug-likeness (QED) is 0.700. The molecule has 0 radical (unpaired) electrons. The average Bonchev–Trinajstić information content (AvgIpc) is 2.32. The van der Waals surface area contributed by atoms with Crippen molar-refractivity contribution < 1.29 is 0 Å². The summed E-state index contributed by atoms with van der Waals surface area (Å²) in [4.78, 5) is 0. The maximum absolute atomic E-state index is 6.15. The molecule has 0 aliphatic rings. The first-order valence-corrected chi connectivity index (χ1v) is 7.70. The highest BCUT2D eigenvalue weighted by Gasteiger charge is 2.17. The van der Waals surface area contributed by atoms with E-state index < -0.39 is 0 Å².